The Bertz CT molecular complexity index is 1010. The highest BCUT2D eigenvalue weighted by molar-refractivity contribution is 7.80. The van der Waals surface area contributed by atoms with Crippen LogP contribution in [-0.2, 0) is 15.7 Å². The minimum atomic E-state index is -4.41. The molecule has 172 valence electrons. The van der Waals surface area contributed by atoms with Gasteiger partial charge in [-0.05, 0) is 49.7 Å². The molecule has 6 nitrogen and oxygen atoms in total. The Morgan fingerprint density at radius 1 is 1.28 bits per heavy atom. The van der Waals surface area contributed by atoms with Gasteiger partial charge in [0, 0.05) is 18.5 Å². The van der Waals surface area contributed by atoms with Crippen molar-refractivity contribution in [1.29, 1.82) is 0 Å². The van der Waals surface area contributed by atoms with Crippen molar-refractivity contribution in [3.05, 3.63) is 40.8 Å². The number of nitrogens with one attached hydrogen (secondary N) is 1. The summed E-state index contributed by atoms with van der Waals surface area (Å²) in [6.45, 7) is 2.89. The first-order valence-corrected chi connectivity index (χ1v) is 11.1. The summed E-state index contributed by atoms with van der Waals surface area (Å²) >= 11 is 6.58. The molecule has 3 rings (SSSR count). The number of hydrogen-bond acceptors (Lipinski definition) is 6. The molecule has 1 aromatic carbocycles. The molecule has 2 heterocycles. The molecule has 1 aliphatic heterocycles. The van der Waals surface area contributed by atoms with Crippen LogP contribution in [-0.4, -0.2) is 47.0 Å². The SMILES string of the molecule is COC(=O)C1CCN(C(=S)N/N=C(/C)c2csc(-c3ccc(C(F)(F)F)cc3)c2O)CC1. The van der Waals surface area contributed by atoms with Crippen molar-refractivity contribution in [3.63, 3.8) is 0 Å². The number of aromatic hydroxyl groups is 1. The summed E-state index contributed by atoms with van der Waals surface area (Å²) in [6.07, 6.45) is -3.14. The maximum Gasteiger partial charge on any atom is 0.416 e. The number of thiocarbonyl (C=S) groups is 1. The smallest absolute Gasteiger partial charge is 0.416 e. The number of halogens is 3. The number of thiophene rings is 1. The molecular weight excluding hydrogens is 463 g/mol. The second kappa shape index (κ2) is 9.86. The van der Waals surface area contributed by atoms with Crippen molar-refractivity contribution >= 4 is 40.3 Å². The zero-order chi connectivity index (χ0) is 23.5. The van der Waals surface area contributed by atoms with E-state index in [2.05, 4.69) is 10.5 Å². The van der Waals surface area contributed by atoms with Gasteiger partial charge in [-0.15, -0.1) is 11.3 Å². The Hall–Kier alpha value is -2.66. The fourth-order valence-electron chi connectivity index (χ4n) is 3.37. The number of hydrazone groups is 1. The highest BCUT2D eigenvalue weighted by Crippen LogP contribution is 2.40. The fraction of sp³-hybridized carbons (Fsp3) is 0.381. The first kappa shape index (κ1) is 24.0. The largest absolute Gasteiger partial charge is 0.506 e. The molecule has 0 spiro atoms. The summed E-state index contributed by atoms with van der Waals surface area (Å²) in [5, 5.41) is 16.9. The van der Waals surface area contributed by atoms with Crippen LogP contribution in [0.1, 0.15) is 30.9 Å². The lowest BCUT2D eigenvalue weighted by atomic mass is 9.97. The molecule has 2 N–H and O–H groups in total. The number of esters is 1. The van der Waals surface area contributed by atoms with Crippen LogP contribution < -0.4 is 5.43 Å². The molecule has 0 radical (unpaired) electrons. The molecule has 2 aromatic rings. The van der Waals surface area contributed by atoms with Gasteiger partial charge in [0.15, 0.2) is 5.11 Å². The number of nitrogens with zero attached hydrogens (tertiary/aromatic N) is 2. The summed E-state index contributed by atoms with van der Waals surface area (Å²) in [5.74, 6) is -0.396. The zero-order valence-corrected chi connectivity index (χ0v) is 19.0. The van der Waals surface area contributed by atoms with Gasteiger partial charge in [0.1, 0.15) is 5.75 Å². The normalized spacial score (nSPS) is 15.5. The zero-order valence-electron chi connectivity index (χ0n) is 17.4. The van der Waals surface area contributed by atoms with E-state index in [4.69, 9.17) is 17.0 Å². The summed E-state index contributed by atoms with van der Waals surface area (Å²) in [5.41, 5.74) is 3.48. The van der Waals surface area contributed by atoms with Crippen LogP contribution in [0.5, 0.6) is 5.75 Å². The fourth-order valence-corrected chi connectivity index (χ4v) is 4.61. The van der Waals surface area contributed by atoms with Gasteiger partial charge < -0.3 is 14.7 Å². The van der Waals surface area contributed by atoms with Crippen molar-refractivity contribution < 1.29 is 27.8 Å². The van der Waals surface area contributed by atoms with Crippen molar-refractivity contribution in [2.24, 2.45) is 11.0 Å². The molecule has 32 heavy (non-hydrogen) atoms. The third kappa shape index (κ3) is 5.39. The van der Waals surface area contributed by atoms with E-state index in [1.807, 2.05) is 4.90 Å². The van der Waals surface area contributed by atoms with Gasteiger partial charge in [-0.25, -0.2) is 0 Å². The first-order valence-electron chi connectivity index (χ1n) is 9.77. The molecule has 0 saturated carbocycles. The lowest BCUT2D eigenvalue weighted by Crippen LogP contribution is -2.44. The Balaban J connectivity index is 1.64. The Morgan fingerprint density at radius 3 is 2.47 bits per heavy atom. The quantitative estimate of drug-likeness (QED) is 0.285. The molecule has 1 fully saturated rings. The Labute approximate surface area is 192 Å². The van der Waals surface area contributed by atoms with Crippen LogP contribution >= 0.6 is 23.6 Å². The van der Waals surface area contributed by atoms with Gasteiger partial charge in [0.2, 0.25) is 0 Å². The molecule has 0 unspecified atom stereocenters. The summed E-state index contributed by atoms with van der Waals surface area (Å²) in [6, 6.07) is 4.63. The molecule has 1 aliphatic rings. The molecular formula is C21H22F3N3O3S2. The van der Waals surface area contributed by atoms with E-state index < -0.39 is 11.7 Å². The number of methoxy groups -OCH3 is 1. The number of carbonyl (C=O) groups excluding carboxylic acids is 1. The van der Waals surface area contributed by atoms with E-state index in [1.165, 1.54) is 30.6 Å². The van der Waals surface area contributed by atoms with Crippen LogP contribution in [0.4, 0.5) is 13.2 Å². The van der Waals surface area contributed by atoms with E-state index >= 15 is 0 Å². The van der Waals surface area contributed by atoms with E-state index in [-0.39, 0.29) is 17.6 Å². The number of alkyl halides is 3. The molecule has 1 saturated heterocycles. The Morgan fingerprint density at radius 2 is 1.91 bits per heavy atom. The average Bonchev–Trinajstić information content (AvgIpc) is 3.17. The molecule has 1 aromatic heterocycles. The average molecular weight is 486 g/mol. The van der Waals surface area contributed by atoms with Crippen LogP contribution in [0.15, 0.2) is 34.7 Å². The number of piperidine rings is 1. The summed E-state index contributed by atoms with van der Waals surface area (Å²) < 4.78 is 43.1. The number of likely N-dealkylation sites (tertiary alicyclic amines) is 1. The topological polar surface area (TPSA) is 74.2 Å². The maximum absolute atomic E-state index is 12.8. The van der Waals surface area contributed by atoms with Crippen molar-refractivity contribution in [2.75, 3.05) is 20.2 Å². The van der Waals surface area contributed by atoms with Gasteiger partial charge in [-0.2, -0.15) is 18.3 Å². The monoisotopic (exact) mass is 485 g/mol. The minimum absolute atomic E-state index is 0.0531. The second-order valence-corrected chi connectivity index (χ2v) is 8.57. The summed E-state index contributed by atoms with van der Waals surface area (Å²) in [4.78, 5) is 14.0. The van der Waals surface area contributed by atoms with Crippen molar-refractivity contribution in [1.82, 2.24) is 10.3 Å². The molecule has 11 heteroatoms. The predicted octanol–water partition coefficient (Wildman–Crippen LogP) is 4.62. The number of ether oxygens (including phenoxy) is 1. The highest BCUT2D eigenvalue weighted by Gasteiger charge is 2.30. The minimum Gasteiger partial charge on any atom is -0.506 e. The predicted molar refractivity (Wildman–Crippen MR) is 121 cm³/mol. The maximum atomic E-state index is 12.8. The lowest BCUT2D eigenvalue weighted by Gasteiger charge is -2.31. The van der Waals surface area contributed by atoms with Gasteiger partial charge >= 0.3 is 12.1 Å². The molecule has 0 atom stereocenters. The lowest BCUT2D eigenvalue weighted by molar-refractivity contribution is -0.146. The Kier molecular flexibility index (Phi) is 7.40. The van der Waals surface area contributed by atoms with Crippen LogP contribution in [0.2, 0.25) is 0 Å². The third-order valence-electron chi connectivity index (χ3n) is 5.26. The van der Waals surface area contributed by atoms with Crippen molar-refractivity contribution in [2.45, 2.75) is 25.9 Å². The second-order valence-electron chi connectivity index (χ2n) is 7.30. The van der Waals surface area contributed by atoms with Gasteiger partial charge in [0.05, 0.1) is 34.7 Å². The molecule has 0 aliphatic carbocycles. The number of hydrogen-bond donors (Lipinski definition) is 2. The first-order chi connectivity index (χ1) is 15.1. The summed E-state index contributed by atoms with van der Waals surface area (Å²) in [7, 11) is 1.38. The van der Waals surface area contributed by atoms with Crippen LogP contribution in [0, 0.1) is 5.92 Å². The number of rotatable bonds is 4. The van der Waals surface area contributed by atoms with E-state index in [0.29, 0.717) is 52.8 Å². The molecule has 0 amide bonds. The number of benzene rings is 1. The van der Waals surface area contributed by atoms with Crippen LogP contribution in [0.3, 0.4) is 0 Å². The van der Waals surface area contributed by atoms with Gasteiger partial charge in [-0.1, -0.05) is 12.1 Å². The standard InChI is InChI=1S/C21H22F3N3O3S2/c1-12(25-26-20(31)27-9-7-14(8-10-27)19(29)30-2)16-11-32-18(17(16)28)13-3-5-15(6-4-13)21(22,23)24/h3-6,11,14,28H,7-10H2,1-2H3,(H,26,31)/b25-12-. The third-order valence-corrected chi connectivity index (χ3v) is 6.63. The van der Waals surface area contributed by atoms with E-state index in [1.54, 1.807) is 12.3 Å². The number of carbonyl (C=O) groups is 1. The van der Waals surface area contributed by atoms with Crippen LogP contribution in [0.25, 0.3) is 10.4 Å². The van der Waals surface area contributed by atoms with Gasteiger partial charge in [0.25, 0.3) is 0 Å². The van der Waals surface area contributed by atoms with E-state index in [0.717, 1.165) is 12.1 Å². The molecule has 0 bridgehead atoms. The van der Waals surface area contributed by atoms with Gasteiger partial charge in [-0.3, -0.25) is 10.2 Å². The highest BCUT2D eigenvalue weighted by atomic mass is 32.1. The van der Waals surface area contributed by atoms with Crippen molar-refractivity contribution in [3.8, 4) is 16.2 Å². The van der Waals surface area contributed by atoms with E-state index in [9.17, 15) is 23.1 Å².